The Morgan fingerprint density at radius 1 is 1.08 bits per heavy atom. The standard InChI is InChI=1S/C19H12FN3O3/c20-14-6-2-1-5-13(14)18-9-12(23-26-18)11-25-19(24)17-10-21-15-7-3-4-8-16(15)22-17/h1-10H,11H2. The van der Waals surface area contributed by atoms with Crippen LogP contribution in [-0.4, -0.2) is 21.1 Å². The molecule has 0 N–H and O–H groups in total. The van der Waals surface area contributed by atoms with Crippen molar-refractivity contribution in [3.8, 4) is 11.3 Å². The molecule has 2 aromatic carbocycles. The van der Waals surface area contributed by atoms with Crippen LogP contribution in [0.3, 0.4) is 0 Å². The normalized spacial score (nSPS) is 10.8. The number of fused-ring (bicyclic) bond motifs is 1. The van der Waals surface area contributed by atoms with Crippen LogP contribution in [0.5, 0.6) is 0 Å². The Morgan fingerprint density at radius 3 is 2.69 bits per heavy atom. The Bertz CT molecular complexity index is 1090. The van der Waals surface area contributed by atoms with Crippen LogP contribution in [0, 0.1) is 5.82 Å². The first-order chi connectivity index (χ1) is 12.7. The molecule has 0 saturated carbocycles. The van der Waals surface area contributed by atoms with Crippen molar-refractivity contribution in [2.45, 2.75) is 6.61 Å². The third-order valence-corrected chi connectivity index (χ3v) is 3.71. The van der Waals surface area contributed by atoms with E-state index in [2.05, 4.69) is 15.1 Å². The van der Waals surface area contributed by atoms with E-state index in [-0.39, 0.29) is 23.6 Å². The average Bonchev–Trinajstić information content (AvgIpc) is 3.15. The Labute approximate surface area is 147 Å². The summed E-state index contributed by atoms with van der Waals surface area (Å²) in [6.07, 6.45) is 1.36. The smallest absolute Gasteiger partial charge is 0.358 e. The van der Waals surface area contributed by atoms with Crippen LogP contribution >= 0.6 is 0 Å². The summed E-state index contributed by atoms with van der Waals surface area (Å²) in [6.45, 7) is -0.120. The van der Waals surface area contributed by atoms with Gasteiger partial charge in [0.1, 0.15) is 18.1 Å². The lowest BCUT2D eigenvalue weighted by Gasteiger charge is -2.02. The zero-order valence-electron chi connectivity index (χ0n) is 13.4. The molecule has 0 aliphatic heterocycles. The van der Waals surface area contributed by atoms with Crippen LogP contribution in [-0.2, 0) is 11.3 Å². The van der Waals surface area contributed by atoms with Crippen molar-refractivity contribution in [1.29, 1.82) is 0 Å². The van der Waals surface area contributed by atoms with Crippen molar-refractivity contribution in [3.63, 3.8) is 0 Å². The van der Waals surface area contributed by atoms with Gasteiger partial charge in [-0.2, -0.15) is 0 Å². The third-order valence-electron chi connectivity index (χ3n) is 3.71. The van der Waals surface area contributed by atoms with E-state index < -0.39 is 11.8 Å². The number of nitrogens with zero attached hydrogens (tertiary/aromatic N) is 3. The van der Waals surface area contributed by atoms with Crippen LogP contribution in [0.15, 0.2) is 65.3 Å². The molecule has 0 bridgehead atoms. The summed E-state index contributed by atoms with van der Waals surface area (Å²) in [5.74, 6) is -0.781. The van der Waals surface area contributed by atoms with Crippen LogP contribution in [0.4, 0.5) is 4.39 Å². The van der Waals surface area contributed by atoms with Crippen LogP contribution < -0.4 is 0 Å². The molecule has 4 rings (SSSR count). The summed E-state index contributed by atoms with van der Waals surface area (Å²) in [5, 5.41) is 3.79. The zero-order chi connectivity index (χ0) is 17.9. The Balaban J connectivity index is 1.47. The van der Waals surface area contributed by atoms with E-state index in [1.807, 2.05) is 12.1 Å². The van der Waals surface area contributed by atoms with Gasteiger partial charge in [0.2, 0.25) is 0 Å². The Kier molecular flexibility index (Phi) is 4.10. The number of benzene rings is 2. The summed E-state index contributed by atoms with van der Waals surface area (Å²) < 4.78 is 24.1. The topological polar surface area (TPSA) is 78.1 Å². The molecule has 26 heavy (non-hydrogen) atoms. The predicted octanol–water partition coefficient (Wildman–Crippen LogP) is 3.78. The van der Waals surface area contributed by atoms with E-state index in [1.54, 1.807) is 30.3 Å². The molecule has 0 aliphatic rings. The number of carbonyl (C=O) groups is 1. The fourth-order valence-corrected chi connectivity index (χ4v) is 2.44. The summed E-state index contributed by atoms with van der Waals surface area (Å²) in [7, 11) is 0. The molecule has 0 fully saturated rings. The van der Waals surface area contributed by atoms with Gasteiger partial charge in [0, 0.05) is 6.07 Å². The number of rotatable bonds is 4. The maximum absolute atomic E-state index is 13.8. The largest absolute Gasteiger partial charge is 0.454 e. The number of hydrogen-bond acceptors (Lipinski definition) is 6. The van der Waals surface area contributed by atoms with E-state index in [0.717, 1.165) is 0 Å². The fraction of sp³-hybridized carbons (Fsp3) is 0.0526. The van der Waals surface area contributed by atoms with Gasteiger partial charge in [0.05, 0.1) is 22.8 Å². The second-order valence-electron chi connectivity index (χ2n) is 5.48. The third kappa shape index (κ3) is 3.14. The second-order valence-corrected chi connectivity index (χ2v) is 5.48. The van der Waals surface area contributed by atoms with Gasteiger partial charge in [-0.15, -0.1) is 0 Å². The molecule has 128 valence electrons. The highest BCUT2D eigenvalue weighted by Crippen LogP contribution is 2.23. The fourth-order valence-electron chi connectivity index (χ4n) is 2.44. The molecule has 0 radical (unpaired) electrons. The van der Waals surface area contributed by atoms with E-state index >= 15 is 0 Å². The SMILES string of the molecule is O=C(OCc1cc(-c2ccccc2F)on1)c1cnc2ccccc2n1. The van der Waals surface area contributed by atoms with E-state index in [1.165, 1.54) is 18.3 Å². The van der Waals surface area contributed by atoms with Crippen LogP contribution in [0.1, 0.15) is 16.2 Å². The number of para-hydroxylation sites is 2. The second kappa shape index (κ2) is 6.72. The number of ether oxygens (including phenoxy) is 1. The van der Waals surface area contributed by atoms with Gasteiger partial charge < -0.3 is 9.26 Å². The lowest BCUT2D eigenvalue weighted by atomic mass is 10.1. The van der Waals surface area contributed by atoms with Gasteiger partial charge in [0.25, 0.3) is 0 Å². The predicted molar refractivity (Wildman–Crippen MR) is 90.6 cm³/mol. The molecule has 0 amide bonds. The van der Waals surface area contributed by atoms with Crippen molar-refractivity contribution in [2.24, 2.45) is 0 Å². The van der Waals surface area contributed by atoms with Gasteiger partial charge in [0.15, 0.2) is 11.5 Å². The van der Waals surface area contributed by atoms with Crippen molar-refractivity contribution in [3.05, 3.63) is 78.0 Å². The molecule has 0 saturated heterocycles. The van der Waals surface area contributed by atoms with Gasteiger partial charge in [-0.25, -0.2) is 14.2 Å². The van der Waals surface area contributed by atoms with Crippen molar-refractivity contribution >= 4 is 17.0 Å². The lowest BCUT2D eigenvalue weighted by molar-refractivity contribution is 0.0457. The summed E-state index contributed by atoms with van der Waals surface area (Å²) >= 11 is 0. The highest BCUT2D eigenvalue weighted by atomic mass is 19.1. The van der Waals surface area contributed by atoms with Gasteiger partial charge in [-0.1, -0.05) is 29.4 Å². The Morgan fingerprint density at radius 2 is 1.85 bits per heavy atom. The first kappa shape index (κ1) is 15.9. The van der Waals surface area contributed by atoms with Gasteiger partial charge in [-0.05, 0) is 24.3 Å². The molecule has 2 aromatic heterocycles. The molecular weight excluding hydrogens is 337 g/mol. The summed E-state index contributed by atoms with van der Waals surface area (Å²) in [4.78, 5) is 20.5. The molecule has 0 spiro atoms. The van der Waals surface area contributed by atoms with Crippen molar-refractivity contribution in [1.82, 2.24) is 15.1 Å². The summed E-state index contributed by atoms with van der Waals surface area (Å²) in [6, 6.07) is 14.9. The number of halogens is 1. The highest BCUT2D eigenvalue weighted by Gasteiger charge is 2.14. The Hall–Kier alpha value is -3.61. The first-order valence-corrected chi connectivity index (χ1v) is 7.80. The van der Waals surface area contributed by atoms with E-state index in [4.69, 9.17) is 9.26 Å². The minimum Gasteiger partial charge on any atom is -0.454 e. The lowest BCUT2D eigenvalue weighted by Crippen LogP contribution is -2.08. The zero-order valence-corrected chi connectivity index (χ0v) is 13.4. The molecule has 0 aliphatic carbocycles. The average molecular weight is 349 g/mol. The van der Waals surface area contributed by atoms with Gasteiger partial charge in [-0.3, -0.25) is 4.98 Å². The molecule has 0 unspecified atom stereocenters. The minimum absolute atomic E-state index is 0.0986. The molecule has 6 nitrogen and oxygen atoms in total. The number of hydrogen-bond donors (Lipinski definition) is 0. The van der Waals surface area contributed by atoms with Crippen LogP contribution in [0.2, 0.25) is 0 Å². The monoisotopic (exact) mass is 349 g/mol. The van der Waals surface area contributed by atoms with E-state index in [0.29, 0.717) is 16.7 Å². The molecule has 2 heterocycles. The van der Waals surface area contributed by atoms with Crippen molar-refractivity contribution < 1.29 is 18.4 Å². The molecule has 0 atom stereocenters. The number of esters is 1. The molecule has 4 aromatic rings. The maximum atomic E-state index is 13.8. The summed E-state index contributed by atoms with van der Waals surface area (Å²) in [5.41, 5.74) is 2.05. The number of carbonyl (C=O) groups excluding carboxylic acids is 1. The van der Waals surface area contributed by atoms with Crippen molar-refractivity contribution in [2.75, 3.05) is 0 Å². The van der Waals surface area contributed by atoms with Gasteiger partial charge >= 0.3 is 5.97 Å². The molecular formula is C19H12FN3O3. The quantitative estimate of drug-likeness (QED) is 0.522. The molecule has 7 heteroatoms. The minimum atomic E-state index is -0.626. The first-order valence-electron chi connectivity index (χ1n) is 7.80. The van der Waals surface area contributed by atoms with Crippen LogP contribution in [0.25, 0.3) is 22.4 Å². The number of aromatic nitrogens is 3. The maximum Gasteiger partial charge on any atom is 0.358 e. The highest BCUT2D eigenvalue weighted by molar-refractivity contribution is 5.89. The van der Waals surface area contributed by atoms with E-state index in [9.17, 15) is 9.18 Å².